The van der Waals surface area contributed by atoms with Crippen molar-refractivity contribution in [2.24, 2.45) is 0 Å². The van der Waals surface area contributed by atoms with E-state index in [1.54, 1.807) is 0 Å². The van der Waals surface area contributed by atoms with Crippen LogP contribution in [0.4, 0.5) is 17.5 Å². The molecular formula is C23H27N5. The molecule has 0 amide bonds. The van der Waals surface area contributed by atoms with E-state index in [4.69, 9.17) is 4.98 Å². The third-order valence-electron chi connectivity index (χ3n) is 5.39. The zero-order valence-electron chi connectivity index (χ0n) is 16.8. The Morgan fingerprint density at radius 2 is 1.68 bits per heavy atom. The van der Waals surface area contributed by atoms with Crippen LogP contribution < -0.4 is 15.1 Å². The lowest BCUT2D eigenvalue weighted by atomic mass is 10.1. The van der Waals surface area contributed by atoms with E-state index >= 15 is 0 Å². The number of nitrogens with one attached hydrogen (secondary N) is 1. The first-order chi connectivity index (χ1) is 13.6. The first-order valence-electron chi connectivity index (χ1n) is 9.81. The molecule has 0 aliphatic carbocycles. The van der Waals surface area contributed by atoms with Gasteiger partial charge in [0.15, 0.2) is 0 Å². The van der Waals surface area contributed by atoms with E-state index in [0.29, 0.717) is 18.5 Å². The lowest BCUT2D eigenvalue weighted by molar-refractivity contribution is 0.750. The maximum atomic E-state index is 4.75. The van der Waals surface area contributed by atoms with Crippen LogP contribution in [0, 0.1) is 0 Å². The van der Waals surface area contributed by atoms with Crippen molar-refractivity contribution >= 4 is 17.5 Å². The molecule has 1 aromatic heterocycles. The quantitative estimate of drug-likeness (QED) is 0.691. The van der Waals surface area contributed by atoms with E-state index in [2.05, 4.69) is 89.5 Å². The van der Waals surface area contributed by atoms with Gasteiger partial charge in [-0.05, 0) is 42.7 Å². The van der Waals surface area contributed by atoms with E-state index < -0.39 is 0 Å². The van der Waals surface area contributed by atoms with E-state index in [0.717, 1.165) is 18.9 Å². The summed E-state index contributed by atoms with van der Waals surface area (Å²) in [6.07, 6.45) is 1.83. The van der Waals surface area contributed by atoms with Crippen LogP contribution in [0.15, 0.2) is 60.8 Å². The van der Waals surface area contributed by atoms with Crippen molar-refractivity contribution in [1.82, 2.24) is 9.97 Å². The summed E-state index contributed by atoms with van der Waals surface area (Å²) in [5.41, 5.74) is 5.22. The van der Waals surface area contributed by atoms with Gasteiger partial charge in [0.05, 0.1) is 0 Å². The monoisotopic (exact) mass is 373 g/mol. The fourth-order valence-corrected chi connectivity index (χ4v) is 3.56. The molecule has 0 atom stereocenters. The van der Waals surface area contributed by atoms with Crippen molar-refractivity contribution in [1.29, 1.82) is 0 Å². The molecule has 1 aliphatic heterocycles. The molecule has 1 aliphatic rings. The van der Waals surface area contributed by atoms with Crippen molar-refractivity contribution in [3.05, 3.63) is 77.5 Å². The lowest BCUT2D eigenvalue weighted by Crippen LogP contribution is -2.27. The summed E-state index contributed by atoms with van der Waals surface area (Å²) >= 11 is 0. The molecule has 5 heteroatoms. The Bertz CT molecular complexity index is 928. The van der Waals surface area contributed by atoms with Crippen molar-refractivity contribution in [2.45, 2.75) is 39.5 Å². The molecule has 0 unspecified atom stereocenters. The topological polar surface area (TPSA) is 44.3 Å². The highest BCUT2D eigenvalue weighted by molar-refractivity contribution is 5.55. The summed E-state index contributed by atoms with van der Waals surface area (Å²) in [7, 11) is 2.13. The van der Waals surface area contributed by atoms with Gasteiger partial charge in [-0.2, -0.15) is 4.98 Å². The van der Waals surface area contributed by atoms with Crippen LogP contribution in [0.25, 0.3) is 0 Å². The third kappa shape index (κ3) is 3.79. The zero-order chi connectivity index (χ0) is 19.5. The second-order valence-electron chi connectivity index (χ2n) is 7.55. The Balaban J connectivity index is 1.47. The smallest absolute Gasteiger partial charge is 0.224 e. The Kier molecular flexibility index (Phi) is 5.15. The van der Waals surface area contributed by atoms with Crippen LogP contribution in [0.1, 0.15) is 30.5 Å². The lowest BCUT2D eigenvalue weighted by Gasteiger charge is -2.26. The SMILES string of the molecule is CC(C)N(C)c1ccccc1CNc1nccc(N2Cc3ccccc3C2)n1. The predicted octanol–water partition coefficient (Wildman–Crippen LogP) is 4.45. The molecule has 0 saturated carbocycles. The first kappa shape index (κ1) is 18.3. The molecule has 0 saturated heterocycles. The molecule has 4 rings (SSSR count). The maximum Gasteiger partial charge on any atom is 0.224 e. The summed E-state index contributed by atoms with van der Waals surface area (Å²) in [5.74, 6) is 1.62. The van der Waals surface area contributed by atoms with Crippen molar-refractivity contribution < 1.29 is 0 Å². The summed E-state index contributed by atoms with van der Waals surface area (Å²) in [6, 6.07) is 19.5. The second-order valence-corrected chi connectivity index (χ2v) is 7.55. The molecule has 0 spiro atoms. The van der Waals surface area contributed by atoms with E-state index in [-0.39, 0.29) is 0 Å². The van der Waals surface area contributed by atoms with Gasteiger partial charge in [-0.15, -0.1) is 0 Å². The molecule has 28 heavy (non-hydrogen) atoms. The summed E-state index contributed by atoms with van der Waals surface area (Å²) in [4.78, 5) is 13.8. The standard InChI is InChI=1S/C23H27N5/c1-17(2)27(3)21-11-7-6-8-18(21)14-25-23-24-13-12-22(26-23)28-15-19-9-4-5-10-20(19)16-28/h4-13,17H,14-16H2,1-3H3,(H,24,25,26). The molecule has 5 nitrogen and oxygen atoms in total. The van der Waals surface area contributed by atoms with E-state index in [1.807, 2.05) is 12.3 Å². The number of para-hydroxylation sites is 1. The number of fused-ring (bicyclic) bond motifs is 1. The van der Waals surface area contributed by atoms with Crippen LogP contribution in [0.2, 0.25) is 0 Å². The van der Waals surface area contributed by atoms with Crippen LogP contribution in [0.3, 0.4) is 0 Å². The fourth-order valence-electron chi connectivity index (χ4n) is 3.56. The van der Waals surface area contributed by atoms with E-state index in [1.165, 1.54) is 22.4 Å². The van der Waals surface area contributed by atoms with Gasteiger partial charge in [-0.1, -0.05) is 42.5 Å². The van der Waals surface area contributed by atoms with Crippen molar-refractivity contribution in [3.8, 4) is 0 Å². The Morgan fingerprint density at radius 3 is 2.39 bits per heavy atom. The van der Waals surface area contributed by atoms with Gasteiger partial charge in [-0.25, -0.2) is 4.98 Å². The van der Waals surface area contributed by atoms with Gasteiger partial charge in [0.25, 0.3) is 0 Å². The van der Waals surface area contributed by atoms with Crippen LogP contribution in [-0.2, 0) is 19.6 Å². The number of hydrogen-bond donors (Lipinski definition) is 1. The molecule has 0 bridgehead atoms. The molecule has 0 radical (unpaired) electrons. The zero-order valence-corrected chi connectivity index (χ0v) is 16.8. The normalized spacial score (nSPS) is 12.9. The number of rotatable bonds is 6. The Morgan fingerprint density at radius 1 is 1.00 bits per heavy atom. The first-order valence-corrected chi connectivity index (χ1v) is 9.81. The molecule has 2 aromatic carbocycles. The van der Waals surface area contributed by atoms with Gasteiger partial charge in [0.1, 0.15) is 5.82 Å². The third-order valence-corrected chi connectivity index (χ3v) is 5.39. The molecule has 0 fully saturated rings. The minimum Gasteiger partial charge on any atom is -0.372 e. The van der Waals surface area contributed by atoms with Gasteiger partial charge in [0, 0.05) is 44.6 Å². The molecule has 2 heterocycles. The van der Waals surface area contributed by atoms with Crippen LogP contribution >= 0.6 is 0 Å². The van der Waals surface area contributed by atoms with Crippen LogP contribution in [-0.4, -0.2) is 23.1 Å². The summed E-state index contributed by atoms with van der Waals surface area (Å²) < 4.78 is 0. The number of nitrogens with zero attached hydrogens (tertiary/aromatic N) is 4. The predicted molar refractivity (Wildman–Crippen MR) is 116 cm³/mol. The summed E-state index contributed by atoms with van der Waals surface area (Å²) in [5, 5.41) is 3.40. The minimum atomic E-state index is 0.442. The molecule has 144 valence electrons. The Hall–Kier alpha value is -3.08. The van der Waals surface area contributed by atoms with Crippen molar-refractivity contribution in [3.63, 3.8) is 0 Å². The highest BCUT2D eigenvalue weighted by atomic mass is 15.2. The van der Waals surface area contributed by atoms with Crippen LogP contribution in [0.5, 0.6) is 0 Å². The average Bonchev–Trinajstić information content (AvgIpc) is 3.16. The summed E-state index contributed by atoms with van der Waals surface area (Å²) in [6.45, 7) is 6.88. The Labute approximate surface area is 167 Å². The number of aromatic nitrogens is 2. The number of hydrogen-bond acceptors (Lipinski definition) is 5. The minimum absolute atomic E-state index is 0.442. The van der Waals surface area contributed by atoms with Gasteiger partial charge >= 0.3 is 0 Å². The molecule has 3 aromatic rings. The van der Waals surface area contributed by atoms with Gasteiger partial charge in [0.2, 0.25) is 5.95 Å². The number of benzene rings is 2. The largest absolute Gasteiger partial charge is 0.372 e. The average molecular weight is 374 g/mol. The molecular weight excluding hydrogens is 346 g/mol. The molecule has 1 N–H and O–H groups in total. The van der Waals surface area contributed by atoms with Gasteiger partial charge in [-0.3, -0.25) is 0 Å². The van der Waals surface area contributed by atoms with Gasteiger partial charge < -0.3 is 15.1 Å². The highest BCUT2D eigenvalue weighted by Crippen LogP contribution is 2.27. The maximum absolute atomic E-state index is 4.75. The second kappa shape index (κ2) is 7.89. The number of anilines is 3. The highest BCUT2D eigenvalue weighted by Gasteiger charge is 2.20. The van der Waals surface area contributed by atoms with E-state index in [9.17, 15) is 0 Å². The van der Waals surface area contributed by atoms with Crippen molar-refractivity contribution in [2.75, 3.05) is 22.2 Å². The fraction of sp³-hybridized carbons (Fsp3) is 0.304.